The van der Waals surface area contributed by atoms with E-state index in [2.05, 4.69) is 4.74 Å². The quantitative estimate of drug-likeness (QED) is 0.425. The number of rotatable bonds is 4. The SMILES string of the molecule is COCC(=O)CN1C(=O)C(=O)N(C)C1=O. The van der Waals surface area contributed by atoms with Crippen LogP contribution in [0.2, 0.25) is 0 Å². The molecule has 7 heteroatoms. The summed E-state index contributed by atoms with van der Waals surface area (Å²) in [6, 6.07) is -0.783. The summed E-state index contributed by atoms with van der Waals surface area (Å²) in [7, 11) is 2.51. The van der Waals surface area contributed by atoms with Gasteiger partial charge in [-0.2, -0.15) is 0 Å². The number of hydrogen-bond acceptors (Lipinski definition) is 5. The minimum Gasteiger partial charge on any atom is -0.377 e. The highest BCUT2D eigenvalue weighted by Gasteiger charge is 2.42. The molecule has 0 bridgehead atoms. The van der Waals surface area contributed by atoms with Crippen molar-refractivity contribution in [2.45, 2.75) is 0 Å². The van der Waals surface area contributed by atoms with Crippen LogP contribution in [-0.2, 0) is 19.1 Å². The van der Waals surface area contributed by atoms with E-state index in [1.54, 1.807) is 0 Å². The largest absolute Gasteiger partial charge is 0.377 e. The van der Waals surface area contributed by atoms with E-state index < -0.39 is 30.2 Å². The Morgan fingerprint density at radius 2 is 1.87 bits per heavy atom. The van der Waals surface area contributed by atoms with Gasteiger partial charge in [0, 0.05) is 14.2 Å². The van der Waals surface area contributed by atoms with Crippen LogP contribution in [0.3, 0.4) is 0 Å². The number of nitrogens with zero attached hydrogens (tertiary/aromatic N) is 2. The predicted molar refractivity (Wildman–Crippen MR) is 46.8 cm³/mol. The Bertz CT molecular complexity index is 338. The predicted octanol–water partition coefficient (Wildman–Crippen LogP) is -1.38. The molecular formula is C8H10N2O5. The average molecular weight is 214 g/mol. The van der Waals surface area contributed by atoms with Crippen molar-refractivity contribution in [3.8, 4) is 0 Å². The molecule has 7 nitrogen and oxygen atoms in total. The summed E-state index contributed by atoms with van der Waals surface area (Å²) in [6.45, 7) is -0.628. The molecule has 1 fully saturated rings. The van der Waals surface area contributed by atoms with Crippen LogP contribution >= 0.6 is 0 Å². The Morgan fingerprint density at radius 1 is 1.27 bits per heavy atom. The van der Waals surface area contributed by atoms with Gasteiger partial charge >= 0.3 is 17.8 Å². The van der Waals surface area contributed by atoms with Gasteiger partial charge in [-0.15, -0.1) is 0 Å². The number of carbonyl (C=O) groups is 4. The smallest absolute Gasteiger partial charge is 0.334 e. The number of methoxy groups -OCH3 is 1. The summed E-state index contributed by atoms with van der Waals surface area (Å²) in [5.74, 6) is -2.35. The molecule has 82 valence electrons. The third-order valence-electron chi connectivity index (χ3n) is 1.89. The van der Waals surface area contributed by atoms with Crippen LogP contribution in [0.5, 0.6) is 0 Å². The Labute approximate surface area is 85.6 Å². The zero-order valence-electron chi connectivity index (χ0n) is 8.35. The Morgan fingerprint density at radius 3 is 2.27 bits per heavy atom. The lowest BCUT2D eigenvalue weighted by Crippen LogP contribution is -2.37. The number of ether oxygens (including phenoxy) is 1. The third kappa shape index (κ3) is 2.01. The molecule has 0 aromatic rings. The van der Waals surface area contributed by atoms with Crippen LogP contribution in [0, 0.1) is 0 Å². The van der Waals surface area contributed by atoms with Crippen molar-refractivity contribution in [2.75, 3.05) is 27.3 Å². The van der Waals surface area contributed by atoms with Crippen molar-refractivity contribution < 1.29 is 23.9 Å². The highest BCUT2D eigenvalue weighted by atomic mass is 16.5. The summed E-state index contributed by atoms with van der Waals surface area (Å²) in [6.07, 6.45) is 0. The molecule has 0 aromatic heterocycles. The molecule has 0 N–H and O–H groups in total. The maximum absolute atomic E-state index is 11.3. The van der Waals surface area contributed by atoms with E-state index in [0.29, 0.717) is 9.80 Å². The van der Waals surface area contributed by atoms with E-state index in [0.717, 1.165) is 0 Å². The van der Waals surface area contributed by atoms with Gasteiger partial charge in [0.25, 0.3) is 0 Å². The van der Waals surface area contributed by atoms with Crippen LogP contribution in [0.15, 0.2) is 0 Å². The molecule has 1 heterocycles. The van der Waals surface area contributed by atoms with Gasteiger partial charge in [0.15, 0.2) is 5.78 Å². The monoisotopic (exact) mass is 214 g/mol. The fraction of sp³-hybridized carbons (Fsp3) is 0.500. The molecule has 0 aliphatic carbocycles. The number of amides is 4. The summed E-state index contributed by atoms with van der Waals surface area (Å²) < 4.78 is 4.54. The van der Waals surface area contributed by atoms with E-state index in [1.165, 1.54) is 14.2 Å². The average Bonchev–Trinajstić information content (AvgIpc) is 2.36. The van der Waals surface area contributed by atoms with Gasteiger partial charge in [-0.3, -0.25) is 19.3 Å². The van der Waals surface area contributed by atoms with Gasteiger partial charge in [-0.25, -0.2) is 9.69 Å². The van der Waals surface area contributed by atoms with Crippen molar-refractivity contribution in [2.24, 2.45) is 0 Å². The summed E-state index contributed by atoms with van der Waals surface area (Å²) in [5, 5.41) is 0. The van der Waals surface area contributed by atoms with Crippen LogP contribution < -0.4 is 0 Å². The molecule has 0 unspecified atom stereocenters. The van der Waals surface area contributed by atoms with Crippen LogP contribution in [0.25, 0.3) is 0 Å². The van der Waals surface area contributed by atoms with Crippen LogP contribution in [0.4, 0.5) is 4.79 Å². The molecule has 0 aromatic carbocycles. The van der Waals surface area contributed by atoms with Crippen LogP contribution in [-0.4, -0.2) is 60.7 Å². The fourth-order valence-electron chi connectivity index (χ4n) is 1.14. The Balaban J connectivity index is 2.71. The van der Waals surface area contributed by atoms with E-state index in [9.17, 15) is 19.2 Å². The lowest BCUT2D eigenvalue weighted by atomic mass is 10.4. The zero-order valence-corrected chi connectivity index (χ0v) is 8.35. The fourth-order valence-corrected chi connectivity index (χ4v) is 1.14. The standard InChI is InChI=1S/C8H10N2O5/c1-9-6(12)7(13)10(8(9)14)3-5(11)4-15-2/h3-4H2,1-2H3. The lowest BCUT2D eigenvalue weighted by Gasteiger charge is -2.10. The second-order valence-corrected chi connectivity index (χ2v) is 3.01. The molecule has 0 atom stereocenters. The first-order valence-electron chi connectivity index (χ1n) is 4.13. The molecule has 0 spiro atoms. The summed E-state index contributed by atoms with van der Waals surface area (Å²) >= 11 is 0. The third-order valence-corrected chi connectivity index (χ3v) is 1.89. The Kier molecular flexibility index (Phi) is 3.15. The summed E-state index contributed by atoms with van der Waals surface area (Å²) in [4.78, 5) is 45.9. The van der Waals surface area contributed by atoms with E-state index in [1.807, 2.05) is 0 Å². The zero-order chi connectivity index (χ0) is 11.6. The number of urea groups is 1. The molecule has 0 radical (unpaired) electrons. The van der Waals surface area contributed by atoms with Crippen molar-refractivity contribution in [1.29, 1.82) is 0 Å². The van der Waals surface area contributed by atoms with Crippen molar-refractivity contribution in [3.05, 3.63) is 0 Å². The molecule has 4 amide bonds. The Hall–Kier alpha value is -1.76. The van der Waals surface area contributed by atoms with E-state index in [4.69, 9.17) is 0 Å². The first-order chi connectivity index (χ1) is 6.99. The minimum absolute atomic E-state index is 0.199. The molecule has 1 saturated heterocycles. The molecule has 0 saturated carbocycles. The number of likely N-dealkylation sites (N-methyl/N-ethyl adjacent to an activating group) is 1. The second kappa shape index (κ2) is 4.18. The molecule has 15 heavy (non-hydrogen) atoms. The first-order valence-corrected chi connectivity index (χ1v) is 4.13. The molecule has 1 aliphatic heterocycles. The highest BCUT2D eigenvalue weighted by Crippen LogP contribution is 2.08. The molecule has 1 aliphatic rings. The molecule has 1 rings (SSSR count). The van der Waals surface area contributed by atoms with E-state index in [-0.39, 0.29) is 6.61 Å². The number of hydrogen-bond donors (Lipinski definition) is 0. The summed E-state index contributed by atoms with van der Waals surface area (Å²) in [5.41, 5.74) is 0. The maximum atomic E-state index is 11.3. The first kappa shape index (κ1) is 11.3. The minimum atomic E-state index is -0.980. The topological polar surface area (TPSA) is 84.0 Å². The number of Topliss-reactive ketones (excluding diaryl/α,β-unsaturated/α-hetero) is 1. The second-order valence-electron chi connectivity index (χ2n) is 3.01. The van der Waals surface area contributed by atoms with E-state index >= 15 is 0 Å². The van der Waals surface area contributed by atoms with Gasteiger partial charge < -0.3 is 4.74 Å². The van der Waals surface area contributed by atoms with Gasteiger partial charge in [-0.1, -0.05) is 0 Å². The van der Waals surface area contributed by atoms with Gasteiger partial charge in [0.05, 0.1) is 6.54 Å². The lowest BCUT2D eigenvalue weighted by molar-refractivity contribution is -0.143. The van der Waals surface area contributed by atoms with Gasteiger partial charge in [0.1, 0.15) is 6.61 Å². The van der Waals surface area contributed by atoms with Crippen molar-refractivity contribution in [1.82, 2.24) is 9.80 Å². The number of ketones is 1. The highest BCUT2D eigenvalue weighted by molar-refractivity contribution is 6.44. The normalized spacial score (nSPS) is 16.5. The van der Waals surface area contributed by atoms with Gasteiger partial charge in [-0.05, 0) is 0 Å². The number of carbonyl (C=O) groups excluding carboxylic acids is 4. The van der Waals surface area contributed by atoms with Crippen molar-refractivity contribution >= 4 is 23.6 Å². The number of imide groups is 2. The maximum Gasteiger partial charge on any atom is 0.334 e. The van der Waals surface area contributed by atoms with Crippen molar-refractivity contribution in [3.63, 3.8) is 0 Å². The van der Waals surface area contributed by atoms with Gasteiger partial charge in [0.2, 0.25) is 0 Å². The van der Waals surface area contributed by atoms with Crippen LogP contribution in [0.1, 0.15) is 0 Å². The molecular weight excluding hydrogens is 204 g/mol.